The van der Waals surface area contributed by atoms with Crippen LogP contribution in [-0.2, 0) is 0 Å². The van der Waals surface area contributed by atoms with E-state index in [1.807, 2.05) is 0 Å². The highest BCUT2D eigenvalue weighted by molar-refractivity contribution is 4.95. The maximum absolute atomic E-state index is 3.79. The van der Waals surface area contributed by atoms with Crippen molar-refractivity contribution in [2.75, 3.05) is 19.6 Å². The Hall–Kier alpha value is -0.0800. The van der Waals surface area contributed by atoms with E-state index in [2.05, 4.69) is 44.8 Å². The van der Waals surface area contributed by atoms with Crippen molar-refractivity contribution >= 4 is 0 Å². The van der Waals surface area contributed by atoms with Gasteiger partial charge in [-0.1, -0.05) is 41.0 Å². The Kier molecular flexibility index (Phi) is 6.14. The van der Waals surface area contributed by atoms with Crippen LogP contribution in [0.15, 0.2) is 0 Å². The summed E-state index contributed by atoms with van der Waals surface area (Å²) in [4.78, 5) is 2.81. The van der Waals surface area contributed by atoms with E-state index in [0.29, 0.717) is 5.41 Å². The van der Waals surface area contributed by atoms with Crippen LogP contribution in [0.5, 0.6) is 0 Å². The zero-order valence-electron chi connectivity index (χ0n) is 15.1. The molecule has 3 unspecified atom stereocenters. The molecular weight excluding hydrogens is 256 g/mol. The van der Waals surface area contributed by atoms with E-state index in [4.69, 9.17) is 0 Å². The largest absolute Gasteiger partial charge is 0.313 e. The predicted molar refractivity (Wildman–Crippen MR) is 92.6 cm³/mol. The topological polar surface area (TPSA) is 15.3 Å². The van der Waals surface area contributed by atoms with Crippen LogP contribution < -0.4 is 5.32 Å². The van der Waals surface area contributed by atoms with E-state index in [0.717, 1.165) is 30.5 Å². The molecule has 2 nitrogen and oxygen atoms in total. The fraction of sp³-hybridized carbons (Fsp3) is 1.00. The van der Waals surface area contributed by atoms with Gasteiger partial charge in [-0.15, -0.1) is 0 Å². The third-order valence-corrected chi connectivity index (χ3v) is 6.36. The summed E-state index contributed by atoms with van der Waals surface area (Å²) in [5.74, 6) is 1.91. The Labute approximate surface area is 133 Å². The highest BCUT2D eigenvalue weighted by Gasteiger charge is 2.40. The molecule has 0 spiro atoms. The fourth-order valence-electron chi connectivity index (χ4n) is 4.18. The van der Waals surface area contributed by atoms with Crippen LogP contribution in [0.25, 0.3) is 0 Å². The Morgan fingerprint density at radius 2 is 1.76 bits per heavy atom. The summed E-state index contributed by atoms with van der Waals surface area (Å²) >= 11 is 0. The molecule has 2 saturated carbocycles. The molecule has 0 saturated heterocycles. The third-order valence-electron chi connectivity index (χ3n) is 6.36. The Balaban J connectivity index is 2.05. The quantitative estimate of drug-likeness (QED) is 0.718. The Morgan fingerprint density at radius 3 is 2.29 bits per heavy atom. The Bertz CT molecular complexity index is 309. The van der Waals surface area contributed by atoms with Crippen LogP contribution in [-0.4, -0.2) is 36.6 Å². The second-order valence-electron chi connectivity index (χ2n) is 8.11. The van der Waals surface area contributed by atoms with Crippen LogP contribution in [0.1, 0.15) is 73.1 Å². The summed E-state index contributed by atoms with van der Waals surface area (Å²) in [5, 5.41) is 3.79. The summed E-state index contributed by atoms with van der Waals surface area (Å²) in [6, 6.07) is 1.48. The van der Waals surface area contributed by atoms with E-state index < -0.39 is 0 Å². The maximum atomic E-state index is 3.79. The standard InChI is InChI=1S/C19H38N2/c1-6-19(4,5)16-11-12-17(20-7-2)18(13-16)21(8-3)14-15-9-10-15/h15-18,20H,6-14H2,1-5H3. The molecular formula is C19H38N2. The molecule has 2 heteroatoms. The lowest BCUT2D eigenvalue weighted by Gasteiger charge is -2.47. The molecule has 2 aliphatic rings. The minimum Gasteiger partial charge on any atom is -0.313 e. The van der Waals surface area contributed by atoms with Gasteiger partial charge < -0.3 is 5.32 Å². The lowest BCUT2D eigenvalue weighted by atomic mass is 9.67. The monoisotopic (exact) mass is 294 g/mol. The van der Waals surface area contributed by atoms with Crippen LogP contribution in [0, 0.1) is 17.3 Å². The molecule has 2 rings (SSSR count). The minimum atomic E-state index is 0.508. The maximum Gasteiger partial charge on any atom is 0.0252 e. The van der Waals surface area contributed by atoms with Gasteiger partial charge in [0.1, 0.15) is 0 Å². The van der Waals surface area contributed by atoms with Gasteiger partial charge in [-0.05, 0) is 62.4 Å². The van der Waals surface area contributed by atoms with Crippen molar-refractivity contribution in [3.05, 3.63) is 0 Å². The first-order valence-electron chi connectivity index (χ1n) is 9.49. The number of hydrogen-bond acceptors (Lipinski definition) is 2. The summed E-state index contributed by atoms with van der Waals surface area (Å²) < 4.78 is 0. The molecule has 2 aliphatic carbocycles. The molecule has 0 bridgehead atoms. The molecule has 2 fully saturated rings. The SMILES string of the molecule is CCNC1CCC(C(C)(C)CC)CC1N(CC)CC1CC1. The molecule has 124 valence electrons. The molecule has 0 amide bonds. The van der Waals surface area contributed by atoms with Gasteiger partial charge in [0.15, 0.2) is 0 Å². The normalized spacial score (nSPS) is 30.9. The van der Waals surface area contributed by atoms with Gasteiger partial charge in [-0.2, -0.15) is 0 Å². The summed E-state index contributed by atoms with van der Waals surface area (Å²) in [6.07, 6.45) is 8.44. The molecule has 0 aromatic carbocycles. The van der Waals surface area contributed by atoms with Gasteiger partial charge in [0, 0.05) is 18.6 Å². The molecule has 3 atom stereocenters. The van der Waals surface area contributed by atoms with E-state index in [9.17, 15) is 0 Å². The van der Waals surface area contributed by atoms with Crippen LogP contribution in [0.3, 0.4) is 0 Å². The van der Waals surface area contributed by atoms with Crippen LogP contribution in [0.4, 0.5) is 0 Å². The zero-order chi connectivity index (χ0) is 15.5. The van der Waals surface area contributed by atoms with Gasteiger partial charge in [0.05, 0.1) is 0 Å². The number of nitrogens with one attached hydrogen (secondary N) is 1. The Morgan fingerprint density at radius 1 is 1.05 bits per heavy atom. The van der Waals surface area contributed by atoms with Gasteiger partial charge in [-0.25, -0.2) is 0 Å². The van der Waals surface area contributed by atoms with Gasteiger partial charge in [0.2, 0.25) is 0 Å². The summed E-state index contributed by atoms with van der Waals surface area (Å²) in [7, 11) is 0. The number of rotatable bonds is 8. The molecule has 0 aromatic rings. The smallest absolute Gasteiger partial charge is 0.0252 e. The molecule has 1 N–H and O–H groups in total. The van der Waals surface area contributed by atoms with E-state index in [1.165, 1.54) is 51.6 Å². The lowest BCUT2D eigenvalue weighted by Crippen LogP contribution is -2.55. The van der Waals surface area contributed by atoms with E-state index >= 15 is 0 Å². The van der Waals surface area contributed by atoms with Gasteiger partial charge in [-0.3, -0.25) is 4.90 Å². The first-order chi connectivity index (χ1) is 10.0. The number of likely N-dealkylation sites (N-methyl/N-ethyl adjacent to an activating group) is 2. The zero-order valence-corrected chi connectivity index (χ0v) is 15.1. The fourth-order valence-corrected chi connectivity index (χ4v) is 4.18. The first-order valence-corrected chi connectivity index (χ1v) is 9.49. The average molecular weight is 295 g/mol. The molecule has 0 aromatic heterocycles. The number of hydrogen-bond donors (Lipinski definition) is 1. The summed E-state index contributed by atoms with van der Waals surface area (Å²) in [6.45, 7) is 15.6. The third kappa shape index (κ3) is 4.45. The average Bonchev–Trinajstić information content (AvgIpc) is 3.29. The van der Waals surface area contributed by atoms with Crippen LogP contribution in [0.2, 0.25) is 0 Å². The first kappa shape index (κ1) is 17.3. The van der Waals surface area contributed by atoms with Gasteiger partial charge in [0.25, 0.3) is 0 Å². The van der Waals surface area contributed by atoms with Crippen molar-refractivity contribution in [2.45, 2.75) is 85.2 Å². The van der Waals surface area contributed by atoms with Crippen molar-refractivity contribution in [2.24, 2.45) is 17.3 Å². The molecule has 0 heterocycles. The minimum absolute atomic E-state index is 0.508. The van der Waals surface area contributed by atoms with Crippen molar-refractivity contribution in [1.82, 2.24) is 10.2 Å². The highest BCUT2D eigenvalue weighted by Crippen LogP contribution is 2.42. The summed E-state index contributed by atoms with van der Waals surface area (Å²) in [5.41, 5.74) is 0.508. The van der Waals surface area contributed by atoms with Crippen molar-refractivity contribution in [1.29, 1.82) is 0 Å². The molecule has 0 aliphatic heterocycles. The van der Waals surface area contributed by atoms with Crippen molar-refractivity contribution in [3.8, 4) is 0 Å². The molecule has 0 radical (unpaired) electrons. The van der Waals surface area contributed by atoms with Gasteiger partial charge >= 0.3 is 0 Å². The van der Waals surface area contributed by atoms with Crippen molar-refractivity contribution < 1.29 is 0 Å². The predicted octanol–water partition coefficient (Wildman–Crippen LogP) is 4.30. The van der Waals surface area contributed by atoms with E-state index in [-0.39, 0.29) is 0 Å². The van der Waals surface area contributed by atoms with Crippen LogP contribution >= 0.6 is 0 Å². The van der Waals surface area contributed by atoms with Crippen molar-refractivity contribution in [3.63, 3.8) is 0 Å². The number of nitrogens with zero attached hydrogens (tertiary/aromatic N) is 1. The molecule has 21 heavy (non-hydrogen) atoms. The lowest BCUT2D eigenvalue weighted by molar-refractivity contribution is 0.0503. The van der Waals surface area contributed by atoms with E-state index in [1.54, 1.807) is 0 Å². The second kappa shape index (κ2) is 7.46. The highest BCUT2D eigenvalue weighted by atomic mass is 15.2. The second-order valence-corrected chi connectivity index (χ2v) is 8.11.